The number of piperidine rings is 1. The summed E-state index contributed by atoms with van der Waals surface area (Å²) in [6.07, 6.45) is -4.35. The highest BCUT2D eigenvalue weighted by Crippen LogP contribution is 2.38. The van der Waals surface area contributed by atoms with Crippen LogP contribution in [0.15, 0.2) is 83.1 Å². The number of carboxylic acids is 1. The Morgan fingerprint density at radius 1 is 1.10 bits per heavy atom. The van der Waals surface area contributed by atoms with E-state index in [2.05, 4.69) is 15.4 Å². The Hall–Kier alpha value is -5.01. The lowest BCUT2D eigenvalue weighted by molar-refractivity contribution is -0.212. The maximum absolute atomic E-state index is 13.8. The first kappa shape index (κ1) is 28.0. The van der Waals surface area contributed by atoms with Crippen molar-refractivity contribution < 1.29 is 37.1 Å². The van der Waals surface area contributed by atoms with Crippen LogP contribution in [0.2, 0.25) is 0 Å². The first-order chi connectivity index (χ1) is 18.9. The van der Waals surface area contributed by atoms with Crippen LogP contribution in [0.5, 0.6) is 0 Å². The normalized spacial score (nSPS) is 20.0. The second-order valence-electron chi connectivity index (χ2n) is 8.58. The number of nitrogens with two attached hydrogens (primary N) is 1. The molecule has 10 nitrogen and oxygen atoms in total. The number of rotatable bonds is 6. The molecule has 1 aliphatic heterocycles. The minimum absolute atomic E-state index is 0.0356. The van der Waals surface area contributed by atoms with Crippen molar-refractivity contribution in [2.45, 2.75) is 25.2 Å². The molecule has 4 rings (SSSR count). The molecule has 0 saturated carbocycles. The van der Waals surface area contributed by atoms with Crippen LogP contribution in [-0.4, -0.2) is 56.0 Å². The van der Waals surface area contributed by atoms with E-state index in [1.165, 1.54) is 12.1 Å². The molecule has 3 aromatic rings. The molecule has 4 N–H and O–H groups in total. The van der Waals surface area contributed by atoms with Crippen LogP contribution in [0.4, 0.5) is 23.2 Å². The van der Waals surface area contributed by atoms with E-state index in [0.717, 1.165) is 23.1 Å². The molecule has 2 aromatic carbocycles. The number of nitrogens with one attached hydrogen (secondary N) is 1. The van der Waals surface area contributed by atoms with E-state index in [1.807, 2.05) is 0 Å². The number of para-hydroxylation sites is 1. The van der Waals surface area contributed by atoms with Crippen molar-refractivity contribution in [1.82, 2.24) is 20.0 Å². The Morgan fingerprint density at radius 3 is 2.30 bits per heavy atom. The van der Waals surface area contributed by atoms with Gasteiger partial charge in [0.15, 0.2) is 0 Å². The highest BCUT2D eigenvalue weighted by Gasteiger charge is 2.47. The summed E-state index contributed by atoms with van der Waals surface area (Å²) in [5.41, 5.74) is 5.09. The fourth-order valence-corrected chi connectivity index (χ4v) is 4.30. The zero-order valence-electron chi connectivity index (χ0n) is 20.8. The number of hydrogen-bond acceptors (Lipinski definition) is 6. The number of likely N-dealkylation sites (tertiary alicyclic amines) is 1. The van der Waals surface area contributed by atoms with Gasteiger partial charge in [0.2, 0.25) is 0 Å². The number of halogens is 4. The van der Waals surface area contributed by atoms with Crippen LogP contribution in [0, 0.1) is 5.82 Å². The van der Waals surface area contributed by atoms with E-state index in [4.69, 9.17) is 5.73 Å². The van der Waals surface area contributed by atoms with Crippen molar-refractivity contribution in [3.63, 3.8) is 0 Å². The minimum atomic E-state index is -4.89. The second-order valence-corrected chi connectivity index (χ2v) is 8.58. The number of aliphatic carboxylic acids is 1. The third-order valence-corrected chi connectivity index (χ3v) is 6.10. The molecule has 14 heteroatoms. The highest BCUT2D eigenvalue weighted by molar-refractivity contribution is 6.17. The summed E-state index contributed by atoms with van der Waals surface area (Å²) in [5, 5.41) is 15.5. The lowest BCUT2D eigenvalue weighted by atomic mass is 9.78. The molecule has 2 unspecified atom stereocenters. The number of carboxylic acid groups (broad SMARTS) is 1. The summed E-state index contributed by atoms with van der Waals surface area (Å²) in [6, 6.07) is 12.2. The molecule has 0 radical (unpaired) electrons. The number of hydrogen-bond donors (Lipinski definition) is 3. The van der Waals surface area contributed by atoms with Gasteiger partial charge >= 0.3 is 12.3 Å². The molecular weight excluding hydrogens is 536 g/mol. The molecule has 1 saturated heterocycles. The smallest absolute Gasteiger partial charge is 0.477 e. The maximum Gasteiger partial charge on any atom is 0.504 e. The van der Waals surface area contributed by atoms with E-state index in [0.29, 0.717) is 11.9 Å². The number of aliphatic imine (C=N–C) groups is 1. The van der Waals surface area contributed by atoms with E-state index in [9.17, 15) is 37.1 Å². The number of benzene rings is 2. The van der Waals surface area contributed by atoms with Crippen molar-refractivity contribution in [2.24, 2.45) is 10.7 Å². The molecule has 1 fully saturated rings. The topological polar surface area (TPSA) is 143 Å². The molecule has 0 aliphatic carbocycles. The van der Waals surface area contributed by atoms with Gasteiger partial charge in [-0.15, -0.1) is 13.2 Å². The third-order valence-electron chi connectivity index (χ3n) is 6.10. The average Bonchev–Trinajstić information content (AvgIpc) is 3.42. The van der Waals surface area contributed by atoms with Gasteiger partial charge in [-0.05, 0) is 42.8 Å². The zero-order chi connectivity index (χ0) is 29.2. The van der Waals surface area contributed by atoms with E-state index >= 15 is 0 Å². The number of likely N-dealkylation sites (N-methyl/N-ethyl adjacent to an activating group) is 1. The standard InChI is InChI=1S/C26H22F4N6O4/c1-2-35-22(32-16-6-4-3-5-7-16)19(20(31)25(39)40)18(14-8-10-15(27)11-9-14)21(24(35)38)33-23(37)17-12-13-36(34-17)26(28,29)30/h3-13,18,21H,2,31H2,1H3,(H,33,37)(H,39,40)/b20-19-,32-22?. The quantitative estimate of drug-likeness (QED) is 0.313. The molecule has 1 aliphatic rings. The summed E-state index contributed by atoms with van der Waals surface area (Å²) in [7, 11) is 0. The van der Waals surface area contributed by atoms with Gasteiger partial charge in [-0.1, -0.05) is 30.3 Å². The fourth-order valence-electron chi connectivity index (χ4n) is 4.30. The molecule has 40 heavy (non-hydrogen) atoms. The third kappa shape index (κ3) is 5.55. The molecular formula is C26H22F4N6O4. The van der Waals surface area contributed by atoms with Gasteiger partial charge in [0.25, 0.3) is 11.8 Å². The van der Waals surface area contributed by atoms with Gasteiger partial charge in [-0.25, -0.2) is 14.2 Å². The number of aromatic nitrogens is 2. The molecule has 2 atom stereocenters. The number of carbonyl (C=O) groups excluding carboxylic acids is 2. The van der Waals surface area contributed by atoms with Gasteiger partial charge in [0.1, 0.15) is 29.1 Å². The van der Waals surface area contributed by atoms with Gasteiger partial charge in [0.05, 0.1) is 5.69 Å². The highest BCUT2D eigenvalue weighted by atomic mass is 19.4. The molecule has 0 bridgehead atoms. The molecule has 2 heterocycles. The summed E-state index contributed by atoms with van der Waals surface area (Å²) in [6.45, 7) is 1.54. The van der Waals surface area contributed by atoms with Crippen LogP contribution in [-0.2, 0) is 15.9 Å². The van der Waals surface area contributed by atoms with Crippen LogP contribution < -0.4 is 11.1 Å². The number of nitrogens with zero attached hydrogens (tertiary/aromatic N) is 4. The fraction of sp³-hybridized carbons (Fsp3) is 0.192. The maximum atomic E-state index is 13.8. The van der Waals surface area contributed by atoms with Crippen LogP contribution in [0.25, 0.3) is 0 Å². The molecule has 1 aromatic heterocycles. The summed E-state index contributed by atoms with van der Waals surface area (Å²) < 4.78 is 52.5. The Kier molecular flexibility index (Phi) is 7.70. The predicted octanol–water partition coefficient (Wildman–Crippen LogP) is 3.27. The van der Waals surface area contributed by atoms with E-state index in [1.54, 1.807) is 37.3 Å². The van der Waals surface area contributed by atoms with Crippen LogP contribution in [0.3, 0.4) is 0 Å². The average molecular weight is 558 g/mol. The Bertz CT molecular complexity index is 1500. The van der Waals surface area contributed by atoms with Crippen LogP contribution in [0.1, 0.15) is 28.9 Å². The number of amides is 2. The van der Waals surface area contributed by atoms with Gasteiger partial charge in [-0.3, -0.25) is 14.5 Å². The van der Waals surface area contributed by atoms with Crippen molar-refractivity contribution in [2.75, 3.05) is 6.54 Å². The summed E-state index contributed by atoms with van der Waals surface area (Å²) >= 11 is 0. The largest absolute Gasteiger partial charge is 0.504 e. The number of alkyl halides is 3. The Balaban J connectivity index is 1.91. The molecule has 2 amide bonds. The predicted molar refractivity (Wildman–Crippen MR) is 134 cm³/mol. The summed E-state index contributed by atoms with van der Waals surface area (Å²) in [4.78, 5) is 44.6. The van der Waals surface area contributed by atoms with Crippen molar-refractivity contribution >= 4 is 29.3 Å². The first-order valence-electron chi connectivity index (χ1n) is 11.8. The SMILES string of the molecule is CCN1C(=O)C(NC(=O)c2ccn(C(F)(F)F)n2)C(c2ccc(F)cc2)/C(=C(/N)C(=O)O)C1=Nc1ccccc1. The van der Waals surface area contributed by atoms with Gasteiger partial charge in [-0.2, -0.15) is 9.78 Å². The lowest BCUT2D eigenvalue weighted by Crippen LogP contribution is -2.59. The number of amidine groups is 1. The van der Waals surface area contributed by atoms with Gasteiger partial charge < -0.3 is 16.2 Å². The monoisotopic (exact) mass is 558 g/mol. The van der Waals surface area contributed by atoms with Gasteiger partial charge in [0, 0.05) is 24.2 Å². The molecule has 0 spiro atoms. The minimum Gasteiger partial charge on any atom is -0.477 e. The lowest BCUT2D eigenvalue weighted by Gasteiger charge is -2.41. The Morgan fingerprint density at radius 2 is 1.75 bits per heavy atom. The van der Waals surface area contributed by atoms with Crippen molar-refractivity contribution in [3.8, 4) is 0 Å². The van der Waals surface area contributed by atoms with E-state index in [-0.39, 0.29) is 28.2 Å². The first-order valence-corrected chi connectivity index (χ1v) is 11.8. The zero-order valence-corrected chi connectivity index (χ0v) is 20.8. The van der Waals surface area contributed by atoms with Crippen molar-refractivity contribution in [1.29, 1.82) is 0 Å². The summed E-state index contributed by atoms with van der Waals surface area (Å²) in [5.74, 6) is -5.50. The number of carbonyl (C=O) groups is 3. The second kappa shape index (κ2) is 11.0. The van der Waals surface area contributed by atoms with Crippen molar-refractivity contribution in [3.05, 3.63) is 95.2 Å². The van der Waals surface area contributed by atoms with Crippen LogP contribution >= 0.6 is 0 Å². The van der Waals surface area contributed by atoms with E-state index < -0.39 is 53.3 Å². The molecule has 208 valence electrons. The Labute approximate surface area is 224 Å².